The van der Waals surface area contributed by atoms with Gasteiger partial charge in [0.15, 0.2) is 5.16 Å². The second-order valence-corrected chi connectivity index (χ2v) is 7.51. The second-order valence-electron chi connectivity index (χ2n) is 6.56. The fraction of sp³-hybridized carbons (Fsp3) is 0.0952. The summed E-state index contributed by atoms with van der Waals surface area (Å²) in [7, 11) is 1.84. The number of nitrogens with one attached hydrogen (secondary N) is 1. The Morgan fingerprint density at radius 3 is 2.26 bits per heavy atom. The Kier molecular flexibility index (Phi) is 5.54. The maximum absolute atomic E-state index is 12.4. The zero-order chi connectivity index (χ0) is 22.0. The van der Waals surface area contributed by atoms with Crippen molar-refractivity contribution in [3.05, 3.63) is 77.6 Å². The molecule has 31 heavy (non-hydrogen) atoms. The third kappa shape index (κ3) is 4.19. The first-order valence-electron chi connectivity index (χ1n) is 9.14. The van der Waals surface area contributed by atoms with E-state index in [4.69, 9.17) is 4.84 Å². The average molecular weight is 436 g/mol. The van der Waals surface area contributed by atoms with Gasteiger partial charge in [0.2, 0.25) is 5.91 Å². The standard InChI is InChI=1S/C21H16N4O5S/c1-24-11-10-22-21(24)31-12-17(26)23-14-8-6-13(7-9-14)20(29)30-25-18(27)15-4-2-3-5-16(15)19(25)28/h2-11H,12H2,1H3,(H,23,26). The van der Waals surface area contributed by atoms with Crippen molar-refractivity contribution in [2.75, 3.05) is 11.1 Å². The number of nitrogens with zero attached hydrogens (tertiary/aromatic N) is 3. The van der Waals surface area contributed by atoms with Crippen LogP contribution in [0.4, 0.5) is 5.69 Å². The molecule has 1 aliphatic heterocycles. The SMILES string of the molecule is Cn1ccnc1SCC(=O)Nc1ccc(C(=O)ON2C(=O)c3ccccc3C2=O)cc1. The summed E-state index contributed by atoms with van der Waals surface area (Å²) in [4.78, 5) is 58.2. The monoisotopic (exact) mass is 436 g/mol. The number of imide groups is 1. The van der Waals surface area contributed by atoms with E-state index < -0.39 is 17.8 Å². The average Bonchev–Trinajstić information content (AvgIpc) is 3.29. The smallest absolute Gasteiger partial charge is 0.329 e. The molecule has 1 N–H and O–H groups in total. The first-order chi connectivity index (χ1) is 14.9. The lowest BCUT2D eigenvalue weighted by molar-refractivity contribution is -0.113. The number of aromatic nitrogens is 2. The number of hydrogen-bond acceptors (Lipinski definition) is 7. The van der Waals surface area contributed by atoms with Gasteiger partial charge in [-0.2, -0.15) is 0 Å². The summed E-state index contributed by atoms with van der Waals surface area (Å²) in [6.45, 7) is 0. The molecule has 0 unspecified atom stereocenters. The van der Waals surface area contributed by atoms with Crippen LogP contribution in [-0.4, -0.2) is 44.1 Å². The predicted molar refractivity (Wildman–Crippen MR) is 111 cm³/mol. The number of fused-ring (bicyclic) bond motifs is 1. The van der Waals surface area contributed by atoms with Gasteiger partial charge in [-0.25, -0.2) is 9.78 Å². The van der Waals surface area contributed by atoms with E-state index in [0.717, 1.165) is 5.16 Å². The molecule has 0 saturated carbocycles. The largest absolute Gasteiger partial charge is 0.363 e. The molecular formula is C21H16N4O5S. The van der Waals surface area contributed by atoms with Crippen molar-refractivity contribution in [2.24, 2.45) is 7.05 Å². The van der Waals surface area contributed by atoms with Crippen LogP contribution in [0, 0.1) is 0 Å². The minimum Gasteiger partial charge on any atom is -0.329 e. The Morgan fingerprint density at radius 1 is 1.03 bits per heavy atom. The molecule has 0 spiro atoms. The minimum absolute atomic E-state index is 0.122. The molecule has 10 heteroatoms. The molecule has 0 fully saturated rings. The van der Waals surface area contributed by atoms with Crippen LogP contribution in [0.3, 0.4) is 0 Å². The predicted octanol–water partition coefficient (Wildman–Crippen LogP) is 2.52. The number of rotatable bonds is 6. The number of thioether (sulfide) groups is 1. The van der Waals surface area contributed by atoms with Crippen LogP contribution in [0.1, 0.15) is 31.1 Å². The van der Waals surface area contributed by atoms with E-state index in [0.29, 0.717) is 10.8 Å². The molecule has 156 valence electrons. The second kappa shape index (κ2) is 8.44. The van der Waals surface area contributed by atoms with Crippen LogP contribution in [0.25, 0.3) is 0 Å². The summed E-state index contributed by atoms with van der Waals surface area (Å²) in [5.41, 5.74) is 0.975. The third-order valence-corrected chi connectivity index (χ3v) is 5.50. The van der Waals surface area contributed by atoms with Gasteiger partial charge in [0, 0.05) is 25.1 Å². The van der Waals surface area contributed by atoms with Crippen LogP contribution in [-0.2, 0) is 16.7 Å². The van der Waals surface area contributed by atoms with Gasteiger partial charge in [0.05, 0.1) is 22.4 Å². The Bertz CT molecular complexity index is 1150. The fourth-order valence-electron chi connectivity index (χ4n) is 2.89. The van der Waals surface area contributed by atoms with Crippen molar-refractivity contribution < 1.29 is 24.0 Å². The summed E-state index contributed by atoms with van der Waals surface area (Å²) in [6.07, 6.45) is 3.44. The number of carbonyl (C=O) groups excluding carboxylic acids is 4. The van der Waals surface area contributed by atoms with Crippen molar-refractivity contribution in [1.29, 1.82) is 0 Å². The zero-order valence-electron chi connectivity index (χ0n) is 16.3. The lowest BCUT2D eigenvalue weighted by atomic mass is 10.1. The normalized spacial score (nSPS) is 12.6. The van der Waals surface area contributed by atoms with Gasteiger partial charge < -0.3 is 14.7 Å². The number of aryl methyl sites for hydroxylation is 1. The first kappa shape index (κ1) is 20.4. The van der Waals surface area contributed by atoms with Crippen LogP contribution < -0.4 is 5.32 Å². The van der Waals surface area contributed by atoms with Gasteiger partial charge in [0.1, 0.15) is 0 Å². The molecule has 9 nitrogen and oxygen atoms in total. The molecule has 0 aliphatic carbocycles. The van der Waals surface area contributed by atoms with Crippen molar-refractivity contribution in [3.63, 3.8) is 0 Å². The molecule has 0 bridgehead atoms. The van der Waals surface area contributed by atoms with Gasteiger partial charge in [-0.1, -0.05) is 29.0 Å². The van der Waals surface area contributed by atoms with E-state index in [1.807, 2.05) is 11.6 Å². The van der Waals surface area contributed by atoms with Gasteiger partial charge in [-0.05, 0) is 36.4 Å². The highest BCUT2D eigenvalue weighted by Gasteiger charge is 2.38. The Hall–Kier alpha value is -3.92. The first-order valence-corrected chi connectivity index (χ1v) is 10.1. The lowest BCUT2D eigenvalue weighted by Crippen LogP contribution is -2.32. The van der Waals surface area contributed by atoms with Crippen LogP contribution in [0.2, 0.25) is 0 Å². The summed E-state index contributed by atoms with van der Waals surface area (Å²) < 4.78 is 1.81. The molecular weight excluding hydrogens is 420 g/mol. The van der Waals surface area contributed by atoms with Crippen molar-refractivity contribution in [3.8, 4) is 0 Å². The van der Waals surface area contributed by atoms with Crippen LogP contribution in [0.15, 0.2) is 66.1 Å². The zero-order valence-corrected chi connectivity index (χ0v) is 17.1. The summed E-state index contributed by atoms with van der Waals surface area (Å²) in [5, 5.41) is 3.90. The highest BCUT2D eigenvalue weighted by molar-refractivity contribution is 7.99. The molecule has 0 saturated heterocycles. The molecule has 2 heterocycles. The van der Waals surface area contributed by atoms with E-state index in [9.17, 15) is 19.2 Å². The van der Waals surface area contributed by atoms with Crippen LogP contribution >= 0.6 is 11.8 Å². The van der Waals surface area contributed by atoms with E-state index in [-0.39, 0.29) is 28.4 Å². The minimum atomic E-state index is -0.863. The van der Waals surface area contributed by atoms with E-state index in [2.05, 4.69) is 10.3 Å². The van der Waals surface area contributed by atoms with Gasteiger partial charge in [0.25, 0.3) is 11.8 Å². The van der Waals surface area contributed by atoms with Crippen LogP contribution in [0.5, 0.6) is 0 Å². The molecule has 1 aliphatic rings. The summed E-state index contributed by atoms with van der Waals surface area (Å²) in [5.74, 6) is -2.30. The number of imidazole rings is 1. The maximum atomic E-state index is 12.4. The van der Waals surface area contributed by atoms with Gasteiger partial charge in [-0.15, -0.1) is 0 Å². The maximum Gasteiger partial charge on any atom is 0.363 e. The van der Waals surface area contributed by atoms with Crippen molar-refractivity contribution in [2.45, 2.75) is 5.16 Å². The Labute approximate surface area is 181 Å². The quantitative estimate of drug-likeness (QED) is 0.467. The lowest BCUT2D eigenvalue weighted by Gasteiger charge is -2.13. The Balaban J connectivity index is 1.34. The van der Waals surface area contributed by atoms with Gasteiger partial charge >= 0.3 is 5.97 Å². The molecule has 2 aromatic carbocycles. The fourth-order valence-corrected chi connectivity index (χ4v) is 3.63. The molecule has 1 aromatic heterocycles. The number of carbonyl (C=O) groups is 4. The highest BCUT2D eigenvalue weighted by Crippen LogP contribution is 2.23. The van der Waals surface area contributed by atoms with E-state index in [1.165, 1.54) is 48.2 Å². The molecule has 0 radical (unpaired) electrons. The third-order valence-electron chi connectivity index (χ3n) is 4.44. The number of amides is 3. The number of benzene rings is 2. The molecule has 4 rings (SSSR count). The van der Waals surface area contributed by atoms with E-state index in [1.54, 1.807) is 24.5 Å². The van der Waals surface area contributed by atoms with Gasteiger partial charge in [-0.3, -0.25) is 14.4 Å². The molecule has 0 atom stereocenters. The molecule has 3 aromatic rings. The van der Waals surface area contributed by atoms with Crippen molar-refractivity contribution in [1.82, 2.24) is 14.6 Å². The number of hydrogen-bond donors (Lipinski definition) is 1. The summed E-state index contributed by atoms with van der Waals surface area (Å²) >= 11 is 1.30. The van der Waals surface area contributed by atoms with Crippen molar-refractivity contribution >= 4 is 41.1 Å². The topological polar surface area (TPSA) is 111 Å². The summed E-state index contributed by atoms with van der Waals surface area (Å²) in [6, 6.07) is 12.2. The number of anilines is 1. The van der Waals surface area contributed by atoms with E-state index >= 15 is 0 Å². The highest BCUT2D eigenvalue weighted by atomic mass is 32.2. The Morgan fingerprint density at radius 2 is 1.68 bits per heavy atom. The number of hydroxylamine groups is 2. The molecule has 3 amide bonds.